The lowest BCUT2D eigenvalue weighted by atomic mass is 10.4. The third-order valence-corrected chi connectivity index (χ3v) is 1.89. The zero-order valence-corrected chi connectivity index (χ0v) is 8.64. The summed E-state index contributed by atoms with van der Waals surface area (Å²) in [7, 11) is 0. The number of aryl methyl sites for hydroxylation is 2. The molecule has 15 heavy (non-hydrogen) atoms. The average molecular weight is 201 g/mol. The molecule has 0 spiro atoms. The van der Waals surface area contributed by atoms with Gasteiger partial charge in [0, 0.05) is 17.5 Å². The van der Waals surface area contributed by atoms with Crippen molar-refractivity contribution in [3.05, 3.63) is 42.1 Å². The Kier molecular flexibility index (Phi) is 2.58. The summed E-state index contributed by atoms with van der Waals surface area (Å²) in [5.41, 5.74) is 1.83. The first-order valence-electron chi connectivity index (χ1n) is 4.63. The van der Waals surface area contributed by atoms with Gasteiger partial charge in [-0.1, -0.05) is 0 Å². The maximum absolute atomic E-state index is 5.50. The van der Waals surface area contributed by atoms with Crippen LogP contribution < -0.4 is 4.74 Å². The Hall–Kier alpha value is -1.97. The van der Waals surface area contributed by atoms with Crippen LogP contribution in [-0.2, 0) is 0 Å². The van der Waals surface area contributed by atoms with E-state index in [1.54, 1.807) is 12.3 Å². The van der Waals surface area contributed by atoms with Gasteiger partial charge in [0.15, 0.2) is 0 Å². The van der Waals surface area contributed by atoms with E-state index in [9.17, 15) is 0 Å². The van der Waals surface area contributed by atoms with Crippen molar-refractivity contribution in [3.63, 3.8) is 0 Å². The van der Waals surface area contributed by atoms with Gasteiger partial charge >= 0.3 is 0 Å². The second-order valence-electron chi connectivity index (χ2n) is 3.23. The van der Waals surface area contributed by atoms with Crippen molar-refractivity contribution in [3.8, 4) is 11.6 Å². The van der Waals surface area contributed by atoms with E-state index in [2.05, 4.69) is 15.0 Å². The quantitative estimate of drug-likeness (QED) is 0.747. The van der Waals surface area contributed by atoms with Crippen LogP contribution in [0.4, 0.5) is 0 Å². The van der Waals surface area contributed by atoms with E-state index in [1.807, 2.05) is 26.0 Å². The van der Waals surface area contributed by atoms with Gasteiger partial charge in [0.05, 0.1) is 6.20 Å². The van der Waals surface area contributed by atoms with Gasteiger partial charge in [-0.2, -0.15) is 0 Å². The van der Waals surface area contributed by atoms with E-state index in [4.69, 9.17) is 4.74 Å². The van der Waals surface area contributed by atoms with Gasteiger partial charge in [0.25, 0.3) is 0 Å². The first-order chi connectivity index (χ1) is 7.24. The highest BCUT2D eigenvalue weighted by molar-refractivity contribution is 5.25. The molecule has 2 aromatic rings. The predicted octanol–water partition coefficient (Wildman–Crippen LogP) is 2.28. The molecular weight excluding hydrogens is 190 g/mol. The monoisotopic (exact) mass is 201 g/mol. The molecule has 0 aromatic carbocycles. The fourth-order valence-electron chi connectivity index (χ4n) is 1.12. The molecular formula is C11H11N3O. The number of hydrogen-bond donors (Lipinski definition) is 0. The van der Waals surface area contributed by atoms with E-state index in [1.165, 1.54) is 6.33 Å². The average Bonchev–Trinajstić information content (AvgIpc) is 2.22. The lowest BCUT2D eigenvalue weighted by Crippen LogP contribution is -1.91. The molecule has 2 heterocycles. The standard InChI is InChI=1S/C11H11N3O/c1-8-3-4-10(6-12-8)15-11-5-9(2)13-7-14-11/h3-7H,1-2H3. The van der Waals surface area contributed by atoms with Crippen molar-refractivity contribution < 1.29 is 4.74 Å². The Bertz CT molecular complexity index is 454. The van der Waals surface area contributed by atoms with Crippen LogP contribution in [0.2, 0.25) is 0 Å². The number of rotatable bonds is 2. The van der Waals surface area contributed by atoms with E-state index in [0.29, 0.717) is 11.6 Å². The maximum atomic E-state index is 5.50. The first kappa shape index (κ1) is 9.58. The largest absolute Gasteiger partial charge is 0.437 e. The molecule has 4 nitrogen and oxygen atoms in total. The number of aromatic nitrogens is 3. The normalized spacial score (nSPS) is 10.0. The Morgan fingerprint density at radius 3 is 2.53 bits per heavy atom. The minimum atomic E-state index is 0.535. The van der Waals surface area contributed by atoms with Crippen LogP contribution in [0.5, 0.6) is 11.6 Å². The highest BCUT2D eigenvalue weighted by Gasteiger charge is 1.99. The van der Waals surface area contributed by atoms with Crippen LogP contribution in [0, 0.1) is 13.8 Å². The molecule has 0 radical (unpaired) electrons. The fraction of sp³-hybridized carbons (Fsp3) is 0.182. The van der Waals surface area contributed by atoms with E-state index >= 15 is 0 Å². The van der Waals surface area contributed by atoms with Crippen LogP contribution in [0.3, 0.4) is 0 Å². The zero-order valence-electron chi connectivity index (χ0n) is 8.64. The summed E-state index contributed by atoms with van der Waals surface area (Å²) in [5, 5.41) is 0. The third kappa shape index (κ3) is 2.49. The summed E-state index contributed by atoms with van der Waals surface area (Å²) in [6.45, 7) is 3.82. The van der Waals surface area contributed by atoms with Crippen LogP contribution >= 0.6 is 0 Å². The predicted molar refractivity (Wildman–Crippen MR) is 55.8 cm³/mol. The molecule has 76 valence electrons. The van der Waals surface area contributed by atoms with Crippen LogP contribution in [-0.4, -0.2) is 15.0 Å². The lowest BCUT2D eigenvalue weighted by Gasteiger charge is -2.04. The number of ether oxygens (including phenoxy) is 1. The van der Waals surface area contributed by atoms with Gasteiger partial charge < -0.3 is 4.74 Å². The van der Waals surface area contributed by atoms with Crippen molar-refractivity contribution >= 4 is 0 Å². The Morgan fingerprint density at radius 2 is 1.87 bits per heavy atom. The lowest BCUT2D eigenvalue weighted by molar-refractivity contribution is 0.458. The Labute approximate surface area is 88.0 Å². The van der Waals surface area contributed by atoms with Gasteiger partial charge in [-0.3, -0.25) is 4.98 Å². The molecule has 0 aliphatic carbocycles. The van der Waals surface area contributed by atoms with Gasteiger partial charge in [0.2, 0.25) is 5.88 Å². The van der Waals surface area contributed by atoms with Crippen molar-refractivity contribution in [2.75, 3.05) is 0 Å². The summed E-state index contributed by atoms with van der Waals surface area (Å²) in [6.07, 6.45) is 3.15. The van der Waals surface area contributed by atoms with Gasteiger partial charge in [0.1, 0.15) is 12.1 Å². The summed E-state index contributed by atoms with van der Waals surface area (Å²) in [6, 6.07) is 5.53. The smallest absolute Gasteiger partial charge is 0.222 e. The van der Waals surface area contributed by atoms with Gasteiger partial charge in [-0.15, -0.1) is 0 Å². The highest BCUT2D eigenvalue weighted by atomic mass is 16.5. The second-order valence-corrected chi connectivity index (χ2v) is 3.23. The molecule has 0 atom stereocenters. The molecule has 2 aromatic heterocycles. The number of hydrogen-bond acceptors (Lipinski definition) is 4. The van der Waals surface area contributed by atoms with Crippen LogP contribution in [0.1, 0.15) is 11.4 Å². The van der Waals surface area contributed by atoms with E-state index < -0.39 is 0 Å². The Balaban J connectivity index is 2.18. The van der Waals surface area contributed by atoms with Crippen molar-refractivity contribution in [1.29, 1.82) is 0 Å². The highest BCUT2D eigenvalue weighted by Crippen LogP contribution is 2.17. The molecule has 2 rings (SSSR count). The number of nitrogens with zero attached hydrogens (tertiary/aromatic N) is 3. The summed E-state index contributed by atoms with van der Waals surface area (Å²) < 4.78 is 5.50. The third-order valence-electron chi connectivity index (χ3n) is 1.89. The molecule has 4 heteroatoms. The molecule has 0 N–H and O–H groups in total. The summed E-state index contributed by atoms with van der Waals surface area (Å²) in [5.74, 6) is 1.21. The molecule has 0 aliphatic rings. The first-order valence-corrected chi connectivity index (χ1v) is 4.63. The molecule has 0 amide bonds. The van der Waals surface area contributed by atoms with E-state index in [0.717, 1.165) is 11.4 Å². The molecule has 0 unspecified atom stereocenters. The molecule has 0 saturated carbocycles. The molecule has 0 fully saturated rings. The maximum Gasteiger partial charge on any atom is 0.222 e. The van der Waals surface area contributed by atoms with Crippen molar-refractivity contribution in [2.24, 2.45) is 0 Å². The van der Waals surface area contributed by atoms with Crippen LogP contribution in [0.25, 0.3) is 0 Å². The molecule has 0 bridgehead atoms. The molecule has 0 aliphatic heterocycles. The minimum Gasteiger partial charge on any atom is -0.437 e. The zero-order chi connectivity index (χ0) is 10.7. The van der Waals surface area contributed by atoms with E-state index in [-0.39, 0.29) is 0 Å². The Morgan fingerprint density at radius 1 is 1.00 bits per heavy atom. The van der Waals surface area contributed by atoms with Gasteiger partial charge in [-0.05, 0) is 26.0 Å². The van der Waals surface area contributed by atoms with Gasteiger partial charge in [-0.25, -0.2) is 9.97 Å². The van der Waals surface area contributed by atoms with Crippen molar-refractivity contribution in [1.82, 2.24) is 15.0 Å². The fourth-order valence-corrected chi connectivity index (χ4v) is 1.12. The topological polar surface area (TPSA) is 47.9 Å². The minimum absolute atomic E-state index is 0.535. The van der Waals surface area contributed by atoms with Crippen molar-refractivity contribution in [2.45, 2.75) is 13.8 Å². The molecule has 0 saturated heterocycles. The summed E-state index contributed by atoms with van der Waals surface area (Å²) >= 11 is 0. The van der Waals surface area contributed by atoms with Crippen LogP contribution in [0.15, 0.2) is 30.7 Å². The SMILES string of the molecule is Cc1ccc(Oc2cc(C)ncn2)cn1. The second kappa shape index (κ2) is 4.04. The summed E-state index contributed by atoms with van der Waals surface area (Å²) in [4.78, 5) is 12.1. The number of pyridine rings is 1.